The van der Waals surface area contributed by atoms with Crippen LogP contribution in [0.1, 0.15) is 72.1 Å². The lowest BCUT2D eigenvalue weighted by Gasteiger charge is -2.59. The zero-order valence-electron chi connectivity index (χ0n) is 16.2. The van der Waals surface area contributed by atoms with Gasteiger partial charge in [0.2, 0.25) is 0 Å². The van der Waals surface area contributed by atoms with Crippen LogP contribution in [0.25, 0.3) is 0 Å². The van der Waals surface area contributed by atoms with Gasteiger partial charge in [0, 0.05) is 17.8 Å². The molecule has 5 rings (SSSR count). The van der Waals surface area contributed by atoms with E-state index in [2.05, 4.69) is 18.9 Å². The average molecular weight is 363 g/mol. The van der Waals surface area contributed by atoms with Crippen LogP contribution in [0.2, 0.25) is 0 Å². The molecule has 26 heavy (non-hydrogen) atoms. The molecule has 0 aromatic rings. The van der Waals surface area contributed by atoms with E-state index in [0.717, 1.165) is 32.1 Å². The molecule has 0 radical (unpaired) electrons. The lowest BCUT2D eigenvalue weighted by Crippen LogP contribution is -2.59. The number of hydrogen-bond acceptors (Lipinski definition) is 5. The maximum Gasteiger partial charge on any atom is 0.133 e. The van der Waals surface area contributed by atoms with Crippen LogP contribution >= 0.6 is 0 Å². The van der Waals surface area contributed by atoms with Crippen LogP contribution in [0.4, 0.5) is 0 Å². The molecule has 5 fully saturated rings. The predicted molar refractivity (Wildman–Crippen MR) is 91.4 cm³/mol. The van der Waals surface area contributed by atoms with Crippen molar-refractivity contribution in [2.75, 3.05) is 0 Å². The monoisotopic (exact) mass is 363 g/mol. The third-order valence-corrected chi connectivity index (χ3v) is 9.71. The zero-order chi connectivity index (χ0) is 18.3. The van der Waals surface area contributed by atoms with Crippen LogP contribution in [-0.2, 0) is 19.5 Å². The summed E-state index contributed by atoms with van der Waals surface area (Å²) in [4.78, 5) is 17.2. The third kappa shape index (κ3) is 2.04. The lowest BCUT2D eigenvalue weighted by atomic mass is 9.44. The predicted octanol–water partition coefficient (Wildman–Crippen LogP) is 2.96. The first-order valence-corrected chi connectivity index (χ1v) is 10.5. The van der Waals surface area contributed by atoms with E-state index in [9.17, 15) is 10.1 Å². The summed E-state index contributed by atoms with van der Waals surface area (Å²) in [6.07, 6.45) is 8.64. The van der Waals surface area contributed by atoms with Crippen LogP contribution in [0.3, 0.4) is 0 Å². The van der Waals surface area contributed by atoms with Crippen LogP contribution in [-0.4, -0.2) is 23.6 Å². The number of carbonyl (C=O) groups is 1. The molecule has 0 amide bonds. The van der Waals surface area contributed by atoms with Crippen molar-refractivity contribution in [1.82, 2.24) is 0 Å². The Morgan fingerprint density at radius 1 is 1.12 bits per heavy atom. The van der Waals surface area contributed by atoms with Crippen LogP contribution < -0.4 is 5.26 Å². The van der Waals surface area contributed by atoms with Gasteiger partial charge in [-0.15, -0.1) is 0 Å². The summed E-state index contributed by atoms with van der Waals surface area (Å²) >= 11 is 0. The highest BCUT2D eigenvalue weighted by Crippen LogP contribution is 2.74. The Bertz CT molecular complexity index is 622. The van der Waals surface area contributed by atoms with E-state index in [1.807, 2.05) is 0 Å². The van der Waals surface area contributed by atoms with Gasteiger partial charge in [-0.05, 0) is 75.0 Å². The fourth-order valence-electron chi connectivity index (χ4n) is 8.45. The van der Waals surface area contributed by atoms with E-state index in [1.165, 1.54) is 19.3 Å². The molecule has 0 N–H and O–H groups in total. The lowest BCUT2D eigenvalue weighted by molar-refractivity contribution is -0.805. The molecule has 3 unspecified atom stereocenters. The minimum Gasteiger partial charge on any atom is -0.692 e. The van der Waals surface area contributed by atoms with E-state index in [1.54, 1.807) is 6.92 Å². The number of rotatable bonds is 3. The van der Waals surface area contributed by atoms with Gasteiger partial charge in [0.25, 0.3) is 0 Å². The molecule has 0 bridgehead atoms. The molecule has 9 atom stereocenters. The van der Waals surface area contributed by atoms with Crippen molar-refractivity contribution >= 4 is 5.78 Å². The van der Waals surface area contributed by atoms with Crippen LogP contribution in [0.5, 0.6) is 0 Å². The van der Waals surface area contributed by atoms with E-state index in [-0.39, 0.29) is 28.5 Å². The van der Waals surface area contributed by atoms with E-state index in [4.69, 9.17) is 9.62 Å². The zero-order valence-corrected chi connectivity index (χ0v) is 16.2. The SMILES string of the molecule is CC(=O)[C@H]1CCC2C3C[C@H]4O[C@]45C[C@@H](OO[O-])CC[C@]5(C)C3CC[C@@]21C. The van der Waals surface area contributed by atoms with Gasteiger partial charge < -0.3 is 9.99 Å². The van der Waals surface area contributed by atoms with Crippen LogP contribution in [0.15, 0.2) is 0 Å². The molecule has 5 nitrogen and oxygen atoms in total. The van der Waals surface area contributed by atoms with Gasteiger partial charge in [-0.2, -0.15) is 0 Å². The number of ether oxygens (including phenoxy) is 1. The summed E-state index contributed by atoms with van der Waals surface area (Å²) < 4.78 is 6.39. The Morgan fingerprint density at radius 3 is 2.65 bits per heavy atom. The van der Waals surface area contributed by atoms with Crippen LogP contribution in [0, 0.1) is 34.5 Å². The second-order valence-corrected chi connectivity index (χ2v) is 10.3. The molecule has 0 aromatic carbocycles. The summed E-state index contributed by atoms with van der Waals surface area (Å²) in [6, 6.07) is 0. The van der Waals surface area contributed by atoms with Gasteiger partial charge in [-0.25, -0.2) is 4.89 Å². The number of epoxide rings is 1. The largest absolute Gasteiger partial charge is 0.692 e. The van der Waals surface area contributed by atoms with Crippen molar-refractivity contribution < 1.29 is 24.7 Å². The number of ketones is 1. The van der Waals surface area contributed by atoms with Crippen molar-refractivity contribution in [3.05, 3.63) is 0 Å². The quantitative estimate of drug-likeness (QED) is 0.438. The van der Waals surface area contributed by atoms with Crippen molar-refractivity contribution in [1.29, 1.82) is 0 Å². The second-order valence-electron chi connectivity index (χ2n) is 10.3. The number of hydrogen-bond donors (Lipinski definition) is 0. The highest BCUT2D eigenvalue weighted by Gasteiger charge is 2.76. The van der Waals surface area contributed by atoms with Gasteiger partial charge in [0.05, 0.1) is 12.2 Å². The first-order valence-electron chi connectivity index (χ1n) is 10.5. The minimum absolute atomic E-state index is 0.109. The molecule has 1 spiro atoms. The standard InChI is InChI=1S/C21H32O5/c1-12(22)15-4-5-16-14-10-18-21(24-18)11-13(25-26-23)6-9-20(21,3)17(14)7-8-19(15,16)2/h13-18,23H,4-11H2,1-3H3/p-1/t13-,14?,15+,16?,17?,18+,19+,20+,21+/m0/s1. The van der Waals surface area contributed by atoms with Crippen molar-refractivity contribution in [3.8, 4) is 0 Å². The molecule has 5 heteroatoms. The first-order chi connectivity index (χ1) is 12.4. The Hall–Kier alpha value is -0.490. The highest BCUT2D eigenvalue weighted by molar-refractivity contribution is 5.79. The van der Waals surface area contributed by atoms with Crippen molar-refractivity contribution in [3.63, 3.8) is 0 Å². The normalized spacial score (nSPS) is 57.5. The van der Waals surface area contributed by atoms with Crippen molar-refractivity contribution in [2.45, 2.75) is 89.9 Å². The Morgan fingerprint density at radius 2 is 1.92 bits per heavy atom. The summed E-state index contributed by atoms with van der Waals surface area (Å²) in [5.74, 6) is 2.65. The molecule has 1 aliphatic heterocycles. The van der Waals surface area contributed by atoms with Gasteiger partial charge in [0.1, 0.15) is 11.4 Å². The molecule has 5 aliphatic rings. The maximum atomic E-state index is 12.3. The van der Waals surface area contributed by atoms with Gasteiger partial charge in [-0.1, -0.05) is 13.8 Å². The second kappa shape index (κ2) is 5.53. The fraction of sp³-hybridized carbons (Fsp3) is 0.952. The molecule has 4 aliphatic carbocycles. The Kier molecular flexibility index (Phi) is 3.74. The fourth-order valence-corrected chi connectivity index (χ4v) is 8.45. The number of fused-ring (bicyclic) bond motifs is 4. The molecule has 1 saturated heterocycles. The van der Waals surface area contributed by atoms with Gasteiger partial charge >= 0.3 is 0 Å². The smallest absolute Gasteiger partial charge is 0.133 e. The Labute approximate surface area is 155 Å². The van der Waals surface area contributed by atoms with Crippen molar-refractivity contribution in [2.24, 2.45) is 34.5 Å². The highest BCUT2D eigenvalue weighted by atomic mass is 17.5. The Balaban J connectivity index is 1.44. The average Bonchev–Trinajstić information content (AvgIpc) is 3.16. The van der Waals surface area contributed by atoms with E-state index >= 15 is 0 Å². The molecular weight excluding hydrogens is 332 g/mol. The minimum atomic E-state index is -0.135. The third-order valence-electron chi connectivity index (χ3n) is 9.71. The molecule has 4 saturated carbocycles. The molecule has 1 heterocycles. The topological polar surface area (TPSA) is 71.1 Å². The van der Waals surface area contributed by atoms with Gasteiger partial charge in [-0.3, -0.25) is 9.83 Å². The maximum absolute atomic E-state index is 12.3. The summed E-state index contributed by atoms with van der Waals surface area (Å²) in [5, 5.41) is 14.2. The van der Waals surface area contributed by atoms with E-state index in [0.29, 0.717) is 29.6 Å². The summed E-state index contributed by atoms with van der Waals surface area (Å²) in [5.41, 5.74) is 0.246. The summed E-state index contributed by atoms with van der Waals surface area (Å²) in [7, 11) is 0. The van der Waals surface area contributed by atoms with E-state index < -0.39 is 0 Å². The number of Topliss-reactive ketones (excluding diaryl/α,β-unsaturated/α-hetero) is 1. The first kappa shape index (κ1) is 17.6. The number of carbonyl (C=O) groups excluding carboxylic acids is 1. The molecular formula is C21H31O5-. The molecule has 146 valence electrons. The summed E-state index contributed by atoms with van der Waals surface area (Å²) in [6.45, 7) is 6.61. The molecule has 0 aromatic heterocycles. The van der Waals surface area contributed by atoms with Gasteiger partial charge in [0.15, 0.2) is 0 Å².